The maximum absolute atomic E-state index is 13.3. The summed E-state index contributed by atoms with van der Waals surface area (Å²) in [6.07, 6.45) is 3.49. The van der Waals surface area contributed by atoms with E-state index < -0.39 is 0 Å². The second-order valence-corrected chi connectivity index (χ2v) is 8.77. The van der Waals surface area contributed by atoms with Crippen LogP contribution in [0.4, 0.5) is 5.69 Å². The summed E-state index contributed by atoms with van der Waals surface area (Å²) in [6, 6.07) is 15.1. The Morgan fingerprint density at radius 2 is 1.79 bits per heavy atom. The topological polar surface area (TPSA) is 80.1 Å². The molecule has 2 aromatic carbocycles. The van der Waals surface area contributed by atoms with Gasteiger partial charge in [-0.15, -0.1) is 0 Å². The third-order valence-electron chi connectivity index (χ3n) is 6.27. The summed E-state index contributed by atoms with van der Waals surface area (Å²) in [5, 5.41) is 7.78. The third kappa shape index (κ3) is 4.53. The number of hydrogen-bond acceptors (Lipinski definition) is 4. The molecular formula is C26H31N5O2. The van der Waals surface area contributed by atoms with E-state index in [1.54, 1.807) is 17.3 Å². The van der Waals surface area contributed by atoms with Crippen LogP contribution < -0.4 is 10.2 Å². The highest BCUT2D eigenvalue weighted by Gasteiger charge is 2.36. The van der Waals surface area contributed by atoms with Crippen molar-refractivity contribution in [2.75, 3.05) is 11.4 Å². The highest BCUT2D eigenvalue weighted by atomic mass is 16.2. The van der Waals surface area contributed by atoms with Crippen LogP contribution >= 0.6 is 0 Å². The van der Waals surface area contributed by atoms with Crippen molar-refractivity contribution >= 4 is 17.5 Å². The normalized spacial score (nSPS) is 15.2. The Bertz CT molecular complexity index is 1130. The molecule has 1 aliphatic heterocycles. The molecule has 7 nitrogen and oxygen atoms in total. The van der Waals surface area contributed by atoms with Gasteiger partial charge >= 0.3 is 0 Å². The molecule has 0 unspecified atom stereocenters. The lowest BCUT2D eigenvalue weighted by Gasteiger charge is -2.18. The van der Waals surface area contributed by atoms with Gasteiger partial charge in [-0.05, 0) is 62.6 Å². The molecule has 2 amide bonds. The zero-order valence-corrected chi connectivity index (χ0v) is 19.7. The molecule has 2 heterocycles. The second-order valence-electron chi connectivity index (χ2n) is 8.77. The van der Waals surface area contributed by atoms with E-state index in [0.717, 1.165) is 24.1 Å². The Balaban J connectivity index is 1.72. The molecule has 1 atom stereocenters. The lowest BCUT2D eigenvalue weighted by atomic mass is 9.98. The van der Waals surface area contributed by atoms with Crippen LogP contribution in [0.15, 0.2) is 54.9 Å². The Labute approximate surface area is 194 Å². The Hall–Kier alpha value is -3.48. The maximum atomic E-state index is 13.3. The fraction of sp³-hybridized carbons (Fsp3) is 0.385. The number of aromatic nitrogens is 3. The van der Waals surface area contributed by atoms with E-state index in [-0.39, 0.29) is 29.8 Å². The van der Waals surface area contributed by atoms with Crippen molar-refractivity contribution < 1.29 is 9.59 Å². The number of nitrogens with zero attached hydrogens (tertiary/aromatic N) is 4. The van der Waals surface area contributed by atoms with Crippen molar-refractivity contribution in [1.82, 2.24) is 20.1 Å². The average Bonchev–Trinajstić information content (AvgIpc) is 3.47. The number of carbonyl (C=O) groups is 2. The maximum Gasteiger partial charge on any atom is 0.258 e. The first-order chi connectivity index (χ1) is 15.9. The van der Waals surface area contributed by atoms with Crippen molar-refractivity contribution in [2.45, 2.75) is 58.5 Å². The van der Waals surface area contributed by atoms with Crippen LogP contribution in [0.25, 0.3) is 0 Å². The Kier molecular flexibility index (Phi) is 6.58. The van der Waals surface area contributed by atoms with Crippen molar-refractivity contribution in [2.24, 2.45) is 0 Å². The highest BCUT2D eigenvalue weighted by Crippen LogP contribution is 2.40. The molecule has 0 fully saturated rings. The second kappa shape index (κ2) is 9.57. The molecule has 3 aromatic rings. The van der Waals surface area contributed by atoms with Gasteiger partial charge in [0.1, 0.15) is 6.33 Å². The van der Waals surface area contributed by atoms with Gasteiger partial charge in [0, 0.05) is 35.4 Å². The van der Waals surface area contributed by atoms with Crippen molar-refractivity contribution in [1.29, 1.82) is 0 Å². The summed E-state index contributed by atoms with van der Waals surface area (Å²) in [5.41, 5.74) is 2.91. The van der Waals surface area contributed by atoms with Gasteiger partial charge in [-0.2, -0.15) is 5.10 Å². The first-order valence-corrected chi connectivity index (χ1v) is 11.7. The molecule has 0 saturated carbocycles. The van der Waals surface area contributed by atoms with Crippen molar-refractivity contribution in [3.8, 4) is 0 Å². The summed E-state index contributed by atoms with van der Waals surface area (Å²) in [7, 11) is 0. The van der Waals surface area contributed by atoms with Gasteiger partial charge in [-0.25, -0.2) is 4.98 Å². The number of amides is 2. The number of rotatable bonds is 7. The van der Waals surface area contributed by atoms with Gasteiger partial charge < -0.3 is 10.2 Å². The summed E-state index contributed by atoms with van der Waals surface area (Å²) < 4.78 is 1.82. The Morgan fingerprint density at radius 3 is 2.42 bits per heavy atom. The highest BCUT2D eigenvalue weighted by molar-refractivity contribution is 6.08. The molecule has 0 radical (unpaired) electrons. The first kappa shape index (κ1) is 22.7. The van der Waals surface area contributed by atoms with Gasteiger partial charge in [-0.1, -0.05) is 32.0 Å². The predicted octanol–water partition coefficient (Wildman–Crippen LogP) is 4.57. The van der Waals surface area contributed by atoms with Gasteiger partial charge in [0.15, 0.2) is 5.82 Å². The lowest BCUT2D eigenvalue weighted by molar-refractivity contribution is 0.0934. The van der Waals surface area contributed by atoms with Gasteiger partial charge in [0.25, 0.3) is 11.8 Å². The summed E-state index contributed by atoms with van der Waals surface area (Å²) >= 11 is 0. The predicted molar refractivity (Wildman–Crippen MR) is 129 cm³/mol. The average molecular weight is 446 g/mol. The molecule has 1 aromatic heterocycles. The van der Waals surface area contributed by atoms with E-state index in [1.807, 2.05) is 61.0 Å². The molecule has 1 N–H and O–H groups in total. The minimum Gasteiger partial charge on any atom is -0.349 e. The van der Waals surface area contributed by atoms with Gasteiger partial charge in [-0.3, -0.25) is 14.3 Å². The molecule has 7 heteroatoms. The fourth-order valence-corrected chi connectivity index (χ4v) is 4.21. The van der Waals surface area contributed by atoms with Crippen LogP contribution in [0.5, 0.6) is 0 Å². The molecule has 0 aliphatic carbocycles. The Morgan fingerprint density at radius 1 is 1.06 bits per heavy atom. The van der Waals surface area contributed by atoms with Gasteiger partial charge in [0.2, 0.25) is 0 Å². The van der Waals surface area contributed by atoms with Crippen LogP contribution in [0.2, 0.25) is 0 Å². The number of hydrogen-bond donors (Lipinski definition) is 1. The lowest BCUT2D eigenvalue weighted by Crippen LogP contribution is -2.33. The molecular weight excluding hydrogens is 414 g/mol. The van der Waals surface area contributed by atoms with Crippen molar-refractivity contribution in [3.63, 3.8) is 0 Å². The first-order valence-electron chi connectivity index (χ1n) is 11.7. The van der Waals surface area contributed by atoms with Crippen LogP contribution in [0.1, 0.15) is 84.6 Å². The smallest absolute Gasteiger partial charge is 0.258 e. The van der Waals surface area contributed by atoms with E-state index in [0.29, 0.717) is 23.5 Å². The standard InChI is InChI=1S/C26H31N5O2/c1-5-20(6-2)28-25(32)19-12-13-23-21(14-19)22(24-27-16-31(29-24)17(3)4)15-30(23)26(33)18-10-8-7-9-11-18/h7-14,16-17,20,22H,5-6,15H2,1-4H3,(H,28,32)/t22-/m1/s1. The minimum atomic E-state index is -0.200. The van der Waals surface area contributed by atoms with Crippen LogP contribution in [0.3, 0.4) is 0 Å². The quantitative estimate of drug-likeness (QED) is 0.578. The van der Waals surface area contributed by atoms with E-state index in [4.69, 9.17) is 0 Å². The monoisotopic (exact) mass is 445 g/mol. The molecule has 33 heavy (non-hydrogen) atoms. The number of nitrogens with one attached hydrogen (secondary N) is 1. The van der Waals surface area contributed by atoms with E-state index >= 15 is 0 Å². The molecule has 0 saturated heterocycles. The van der Waals surface area contributed by atoms with Crippen LogP contribution in [-0.2, 0) is 0 Å². The molecule has 4 rings (SSSR count). The molecule has 1 aliphatic rings. The summed E-state index contributed by atoms with van der Waals surface area (Å²) in [5.74, 6) is 0.287. The van der Waals surface area contributed by atoms with Crippen molar-refractivity contribution in [3.05, 3.63) is 77.4 Å². The van der Waals surface area contributed by atoms with Gasteiger partial charge in [0.05, 0.1) is 5.92 Å². The van der Waals surface area contributed by atoms with Crippen LogP contribution in [0, 0.1) is 0 Å². The molecule has 0 bridgehead atoms. The van der Waals surface area contributed by atoms with E-state index in [1.165, 1.54) is 0 Å². The SMILES string of the molecule is CCC(CC)NC(=O)c1ccc2c(c1)[C@H](c1ncn(C(C)C)n1)CN2C(=O)c1ccccc1. The molecule has 0 spiro atoms. The number of anilines is 1. The van der Waals surface area contributed by atoms with E-state index in [2.05, 4.69) is 29.2 Å². The van der Waals surface area contributed by atoms with E-state index in [9.17, 15) is 9.59 Å². The van der Waals surface area contributed by atoms with Crippen LogP contribution in [-0.4, -0.2) is 39.2 Å². The number of fused-ring (bicyclic) bond motifs is 1. The largest absolute Gasteiger partial charge is 0.349 e. The summed E-state index contributed by atoms with van der Waals surface area (Å²) in [4.78, 5) is 32.6. The number of benzene rings is 2. The third-order valence-corrected chi connectivity index (χ3v) is 6.27. The molecule has 172 valence electrons. The zero-order chi connectivity index (χ0) is 23.5. The minimum absolute atomic E-state index is 0.0723. The zero-order valence-electron chi connectivity index (χ0n) is 19.7. The number of carbonyl (C=O) groups excluding carboxylic acids is 2. The fourth-order valence-electron chi connectivity index (χ4n) is 4.21. The summed E-state index contributed by atoms with van der Waals surface area (Å²) in [6.45, 7) is 8.66.